The molecule has 1 saturated heterocycles. The van der Waals surface area contributed by atoms with Crippen LogP contribution in [0.15, 0.2) is 48.5 Å². The summed E-state index contributed by atoms with van der Waals surface area (Å²) in [5, 5.41) is 15.1. The Morgan fingerprint density at radius 2 is 1.93 bits per heavy atom. The minimum absolute atomic E-state index is 0.0286. The molecule has 0 amide bonds. The van der Waals surface area contributed by atoms with Gasteiger partial charge in [-0.25, -0.2) is 0 Å². The highest BCUT2D eigenvalue weighted by Gasteiger charge is 2.43. The van der Waals surface area contributed by atoms with Gasteiger partial charge in [-0.15, -0.1) is 0 Å². The summed E-state index contributed by atoms with van der Waals surface area (Å²) >= 11 is 0. The second-order valence-electron chi connectivity index (χ2n) is 7.78. The second-order valence-corrected chi connectivity index (χ2v) is 7.78. The number of nitrogens with one attached hydrogen (secondary N) is 2. The molecule has 0 spiro atoms. The lowest BCUT2D eigenvalue weighted by molar-refractivity contribution is -0.138. The van der Waals surface area contributed by atoms with Gasteiger partial charge < -0.3 is 20.5 Å². The van der Waals surface area contributed by atoms with Crippen LogP contribution in [0.3, 0.4) is 0 Å². The van der Waals surface area contributed by atoms with Crippen molar-refractivity contribution in [2.75, 3.05) is 18.4 Å². The molecule has 0 aromatic heterocycles. The van der Waals surface area contributed by atoms with Gasteiger partial charge in [-0.3, -0.25) is 4.79 Å². The van der Waals surface area contributed by atoms with Crippen molar-refractivity contribution in [3.05, 3.63) is 65.2 Å². The number of carbonyl (C=O) groups is 1. The van der Waals surface area contributed by atoms with Crippen molar-refractivity contribution in [3.63, 3.8) is 0 Å². The monoisotopic (exact) mass is 420 g/mol. The summed E-state index contributed by atoms with van der Waals surface area (Å²) in [7, 11) is 0. The van der Waals surface area contributed by atoms with Crippen LogP contribution in [0.1, 0.15) is 41.7 Å². The first-order valence-electron chi connectivity index (χ1n) is 9.93. The molecular formula is C22H23F3N2O3. The van der Waals surface area contributed by atoms with Crippen LogP contribution < -0.4 is 10.6 Å². The van der Waals surface area contributed by atoms with Crippen LogP contribution in [0, 0.1) is 5.92 Å². The van der Waals surface area contributed by atoms with Crippen molar-refractivity contribution in [1.29, 1.82) is 0 Å². The van der Waals surface area contributed by atoms with Gasteiger partial charge in [0.15, 0.2) is 0 Å². The molecule has 2 aliphatic heterocycles. The van der Waals surface area contributed by atoms with E-state index >= 15 is 0 Å². The number of ether oxygens (including phenoxy) is 1. The van der Waals surface area contributed by atoms with Crippen molar-refractivity contribution >= 4 is 11.7 Å². The Bertz CT molecular complexity index is 904. The molecule has 0 unspecified atom stereocenters. The van der Waals surface area contributed by atoms with Gasteiger partial charge >= 0.3 is 12.1 Å². The van der Waals surface area contributed by atoms with E-state index < -0.39 is 23.8 Å². The van der Waals surface area contributed by atoms with Crippen molar-refractivity contribution in [2.24, 2.45) is 5.92 Å². The van der Waals surface area contributed by atoms with E-state index in [0.29, 0.717) is 24.2 Å². The number of halogens is 3. The molecule has 2 aromatic rings. The molecule has 2 aliphatic rings. The maximum Gasteiger partial charge on any atom is 0.416 e. The topological polar surface area (TPSA) is 70.6 Å². The number of hydrogen-bond acceptors (Lipinski definition) is 4. The highest BCUT2D eigenvalue weighted by Crippen LogP contribution is 2.51. The smallest absolute Gasteiger partial charge is 0.416 e. The first kappa shape index (κ1) is 20.7. The summed E-state index contributed by atoms with van der Waals surface area (Å²) in [5.74, 6) is -0.992. The third kappa shape index (κ3) is 4.29. The Balaban J connectivity index is 1.65. The van der Waals surface area contributed by atoms with E-state index in [1.165, 1.54) is 12.1 Å². The lowest BCUT2D eigenvalue weighted by Gasteiger charge is -2.46. The van der Waals surface area contributed by atoms with E-state index in [1.807, 2.05) is 30.3 Å². The number of anilines is 1. The molecule has 8 heteroatoms. The zero-order chi connectivity index (χ0) is 21.3. The molecule has 5 nitrogen and oxygen atoms in total. The van der Waals surface area contributed by atoms with Crippen LogP contribution in [0.5, 0.6) is 0 Å². The van der Waals surface area contributed by atoms with Gasteiger partial charge in [0.1, 0.15) is 0 Å². The molecule has 0 saturated carbocycles. The average Bonchev–Trinajstić information content (AvgIpc) is 2.72. The van der Waals surface area contributed by atoms with Crippen molar-refractivity contribution in [3.8, 4) is 0 Å². The van der Waals surface area contributed by atoms with E-state index in [9.17, 15) is 18.0 Å². The summed E-state index contributed by atoms with van der Waals surface area (Å²) in [4.78, 5) is 10.7. The predicted octanol–water partition coefficient (Wildman–Crippen LogP) is 4.38. The van der Waals surface area contributed by atoms with Crippen LogP contribution in [-0.4, -0.2) is 30.3 Å². The molecule has 3 N–H and O–H groups in total. The van der Waals surface area contributed by atoms with E-state index in [2.05, 4.69) is 10.6 Å². The zero-order valence-corrected chi connectivity index (χ0v) is 16.2. The quantitative estimate of drug-likeness (QED) is 0.670. The number of fused-ring (bicyclic) bond motifs is 3. The van der Waals surface area contributed by atoms with Gasteiger partial charge in [0.25, 0.3) is 0 Å². The third-order valence-corrected chi connectivity index (χ3v) is 5.78. The maximum absolute atomic E-state index is 13.3. The van der Waals surface area contributed by atoms with Gasteiger partial charge in [0, 0.05) is 23.7 Å². The number of carboxylic acid groups (broad SMARTS) is 1. The fourth-order valence-electron chi connectivity index (χ4n) is 4.41. The number of rotatable bonds is 5. The molecule has 160 valence electrons. The minimum atomic E-state index is -4.43. The second kappa shape index (κ2) is 8.28. The summed E-state index contributed by atoms with van der Waals surface area (Å²) in [6.07, 6.45) is -3.74. The average molecular weight is 420 g/mol. The Hall–Kier alpha value is -2.58. The van der Waals surface area contributed by atoms with Gasteiger partial charge in [0.05, 0.1) is 30.4 Å². The molecule has 4 rings (SSSR count). The standard InChI is InChI=1S/C22H23F3N2O3/c23-22(24,25)14-6-9-18-17(10-14)21-16(20(27-18)13-4-2-1-3-5-13)8-7-15(30-21)11-26-12-19(28)29/h1-6,9-10,15-16,20-21,26-27H,7-8,11-12H2,(H,28,29)/t15-,16+,20+,21+/m1/s1. The van der Waals surface area contributed by atoms with E-state index in [-0.39, 0.29) is 24.6 Å². The number of benzene rings is 2. The van der Waals surface area contributed by atoms with Gasteiger partial charge in [-0.1, -0.05) is 30.3 Å². The van der Waals surface area contributed by atoms with Crippen molar-refractivity contribution < 1.29 is 27.8 Å². The van der Waals surface area contributed by atoms with Crippen LogP contribution in [0.4, 0.5) is 18.9 Å². The number of hydrogen-bond donors (Lipinski definition) is 3. The molecule has 1 fully saturated rings. The fraction of sp³-hybridized carbons (Fsp3) is 0.409. The van der Waals surface area contributed by atoms with Gasteiger partial charge in [-0.05, 0) is 36.6 Å². The van der Waals surface area contributed by atoms with Crippen molar-refractivity contribution in [2.45, 2.75) is 37.3 Å². The lowest BCUT2D eigenvalue weighted by Crippen LogP contribution is -2.42. The summed E-state index contributed by atoms with van der Waals surface area (Å²) in [6.45, 7) is 0.157. The van der Waals surface area contributed by atoms with Crippen LogP contribution in [0.25, 0.3) is 0 Å². The SMILES string of the molecule is O=C(O)CNC[C@H]1CC[C@@H]2[C@H](O1)c1cc(C(F)(F)F)ccc1N[C@H]2c1ccccc1. The lowest BCUT2D eigenvalue weighted by atomic mass is 9.76. The molecule has 0 radical (unpaired) electrons. The van der Waals surface area contributed by atoms with Crippen LogP contribution in [-0.2, 0) is 15.7 Å². The molecule has 2 aromatic carbocycles. The Morgan fingerprint density at radius 3 is 2.63 bits per heavy atom. The Kier molecular flexibility index (Phi) is 5.71. The Morgan fingerprint density at radius 1 is 1.17 bits per heavy atom. The largest absolute Gasteiger partial charge is 0.480 e. The molecule has 30 heavy (non-hydrogen) atoms. The van der Waals surface area contributed by atoms with Crippen LogP contribution in [0.2, 0.25) is 0 Å². The van der Waals surface area contributed by atoms with Crippen molar-refractivity contribution in [1.82, 2.24) is 5.32 Å². The molecular weight excluding hydrogens is 397 g/mol. The molecule has 0 aliphatic carbocycles. The predicted molar refractivity (Wildman–Crippen MR) is 105 cm³/mol. The number of carboxylic acids is 1. The third-order valence-electron chi connectivity index (χ3n) is 5.78. The normalized spacial score (nSPS) is 25.7. The summed E-state index contributed by atoms with van der Waals surface area (Å²) < 4.78 is 46.2. The van der Waals surface area contributed by atoms with Gasteiger partial charge in [0.2, 0.25) is 0 Å². The minimum Gasteiger partial charge on any atom is -0.480 e. The summed E-state index contributed by atoms with van der Waals surface area (Å²) in [5.41, 5.74) is 1.50. The van der Waals surface area contributed by atoms with Gasteiger partial charge in [-0.2, -0.15) is 13.2 Å². The molecule has 2 heterocycles. The van der Waals surface area contributed by atoms with E-state index in [0.717, 1.165) is 18.1 Å². The highest BCUT2D eigenvalue weighted by atomic mass is 19.4. The Labute approximate surface area is 172 Å². The maximum atomic E-state index is 13.3. The fourth-order valence-corrected chi connectivity index (χ4v) is 4.41. The first-order valence-corrected chi connectivity index (χ1v) is 9.93. The number of aliphatic carboxylic acids is 1. The molecule has 0 bridgehead atoms. The zero-order valence-electron chi connectivity index (χ0n) is 16.2. The van der Waals surface area contributed by atoms with E-state index in [1.54, 1.807) is 0 Å². The first-order chi connectivity index (χ1) is 14.3. The highest BCUT2D eigenvalue weighted by molar-refractivity contribution is 5.69. The van der Waals surface area contributed by atoms with Crippen LogP contribution >= 0.6 is 0 Å². The molecule has 4 atom stereocenters. The summed E-state index contributed by atoms with van der Waals surface area (Å²) in [6, 6.07) is 13.5. The van der Waals surface area contributed by atoms with E-state index in [4.69, 9.17) is 9.84 Å². The number of alkyl halides is 3.